The largest absolute Gasteiger partial charge is 0.506 e. The molecule has 130 valence electrons. The summed E-state index contributed by atoms with van der Waals surface area (Å²) >= 11 is 3.36. The highest BCUT2D eigenvalue weighted by Gasteiger charge is 2.26. The van der Waals surface area contributed by atoms with Crippen molar-refractivity contribution in [3.05, 3.63) is 27.7 Å². The van der Waals surface area contributed by atoms with Crippen LogP contribution in [-0.4, -0.2) is 36.2 Å². The number of nitrogens with one attached hydrogen (secondary N) is 1. The lowest BCUT2D eigenvalue weighted by atomic mass is 9.93. The Hall–Kier alpha value is -0.510. The summed E-state index contributed by atoms with van der Waals surface area (Å²) < 4.78 is 0.598. The Kier molecular flexibility index (Phi) is 10.1. The molecule has 0 aliphatic carbocycles. The molecule has 23 heavy (non-hydrogen) atoms. The SMILES string of the molecule is CC(C)C[C@H](c1cc(C#N)cc(Br)c1O)N1CCNCC1.Cl.Cl. The summed E-state index contributed by atoms with van der Waals surface area (Å²) in [6, 6.07) is 5.82. The number of piperazine rings is 1. The fourth-order valence-corrected chi connectivity index (χ4v) is 3.33. The van der Waals surface area contributed by atoms with Gasteiger partial charge in [-0.3, -0.25) is 4.90 Å². The molecule has 1 aliphatic heterocycles. The molecular formula is C16H24BrCl2N3O. The van der Waals surface area contributed by atoms with E-state index in [0.717, 1.165) is 38.2 Å². The van der Waals surface area contributed by atoms with Gasteiger partial charge in [0.1, 0.15) is 5.75 Å². The summed E-state index contributed by atoms with van der Waals surface area (Å²) in [5, 5.41) is 23.0. The van der Waals surface area contributed by atoms with Crippen LogP contribution in [0.2, 0.25) is 0 Å². The van der Waals surface area contributed by atoms with Gasteiger partial charge >= 0.3 is 0 Å². The van der Waals surface area contributed by atoms with Gasteiger partial charge in [-0.1, -0.05) is 13.8 Å². The van der Waals surface area contributed by atoms with E-state index in [1.165, 1.54) is 0 Å². The summed E-state index contributed by atoms with van der Waals surface area (Å²) in [4.78, 5) is 2.40. The van der Waals surface area contributed by atoms with E-state index in [1.807, 2.05) is 6.07 Å². The molecule has 0 bridgehead atoms. The monoisotopic (exact) mass is 423 g/mol. The average Bonchev–Trinajstić information content (AvgIpc) is 2.48. The Bertz CT molecular complexity index is 543. The third kappa shape index (κ3) is 5.81. The van der Waals surface area contributed by atoms with Crippen LogP contribution in [-0.2, 0) is 0 Å². The number of aromatic hydroxyl groups is 1. The van der Waals surface area contributed by atoms with Crippen molar-refractivity contribution in [2.24, 2.45) is 5.92 Å². The second-order valence-electron chi connectivity index (χ2n) is 5.94. The highest BCUT2D eigenvalue weighted by atomic mass is 79.9. The standard InChI is InChI=1S/C16H22BrN3O.2ClH/c1-11(2)7-15(20-5-3-19-4-6-20)13-8-12(10-18)9-14(17)16(13)21;;/h8-9,11,15,19,21H,3-7H2,1-2H3;2*1H/t15-;;/m1../s1. The number of rotatable bonds is 4. The Morgan fingerprint density at radius 1 is 1.30 bits per heavy atom. The summed E-state index contributed by atoms with van der Waals surface area (Å²) in [6.07, 6.45) is 0.967. The van der Waals surface area contributed by atoms with E-state index in [1.54, 1.807) is 6.07 Å². The molecule has 0 saturated carbocycles. The molecule has 2 N–H and O–H groups in total. The smallest absolute Gasteiger partial charge is 0.134 e. The van der Waals surface area contributed by atoms with Gasteiger partial charge in [0.05, 0.1) is 16.1 Å². The maximum atomic E-state index is 10.4. The zero-order valence-electron chi connectivity index (χ0n) is 13.4. The van der Waals surface area contributed by atoms with Crippen molar-refractivity contribution in [2.45, 2.75) is 26.3 Å². The van der Waals surface area contributed by atoms with Crippen LogP contribution in [0.4, 0.5) is 0 Å². The molecule has 1 aromatic carbocycles. The minimum Gasteiger partial charge on any atom is -0.506 e. The lowest BCUT2D eigenvalue weighted by Crippen LogP contribution is -2.45. The van der Waals surface area contributed by atoms with Crippen molar-refractivity contribution in [3.8, 4) is 11.8 Å². The summed E-state index contributed by atoms with van der Waals surface area (Å²) in [7, 11) is 0. The molecule has 0 unspecified atom stereocenters. The number of phenolic OH excluding ortho intramolecular Hbond substituents is 1. The van der Waals surface area contributed by atoms with E-state index >= 15 is 0 Å². The average molecular weight is 425 g/mol. The maximum Gasteiger partial charge on any atom is 0.134 e. The van der Waals surface area contributed by atoms with Crippen LogP contribution in [0.3, 0.4) is 0 Å². The fourth-order valence-electron chi connectivity index (χ4n) is 2.85. The third-order valence-corrected chi connectivity index (χ3v) is 4.47. The summed E-state index contributed by atoms with van der Waals surface area (Å²) in [5.74, 6) is 0.784. The van der Waals surface area contributed by atoms with Gasteiger partial charge in [-0.15, -0.1) is 24.8 Å². The molecule has 4 nitrogen and oxygen atoms in total. The van der Waals surface area contributed by atoms with Gasteiger partial charge in [0.15, 0.2) is 0 Å². The number of benzene rings is 1. The summed E-state index contributed by atoms with van der Waals surface area (Å²) in [5.41, 5.74) is 1.44. The van der Waals surface area contributed by atoms with Crippen molar-refractivity contribution >= 4 is 40.7 Å². The molecule has 1 heterocycles. The van der Waals surface area contributed by atoms with E-state index in [9.17, 15) is 10.4 Å². The number of phenols is 1. The van der Waals surface area contributed by atoms with Crippen molar-refractivity contribution < 1.29 is 5.11 Å². The number of nitriles is 1. The lowest BCUT2D eigenvalue weighted by Gasteiger charge is -2.36. The van der Waals surface area contributed by atoms with E-state index in [-0.39, 0.29) is 36.6 Å². The van der Waals surface area contributed by atoms with E-state index in [0.29, 0.717) is 16.0 Å². The first-order valence-electron chi connectivity index (χ1n) is 7.40. The first-order chi connectivity index (χ1) is 10.0. The van der Waals surface area contributed by atoms with Crippen LogP contribution in [0.5, 0.6) is 5.75 Å². The van der Waals surface area contributed by atoms with Crippen LogP contribution < -0.4 is 5.32 Å². The molecule has 1 saturated heterocycles. The Morgan fingerprint density at radius 2 is 1.91 bits per heavy atom. The molecule has 1 atom stereocenters. The molecule has 0 spiro atoms. The summed E-state index contributed by atoms with van der Waals surface area (Å²) in [6.45, 7) is 8.24. The second-order valence-corrected chi connectivity index (χ2v) is 6.79. The molecule has 1 aromatic rings. The number of hydrogen-bond acceptors (Lipinski definition) is 4. The lowest BCUT2D eigenvalue weighted by molar-refractivity contribution is 0.151. The van der Waals surface area contributed by atoms with Gasteiger partial charge in [-0.2, -0.15) is 5.26 Å². The molecule has 1 fully saturated rings. The van der Waals surface area contributed by atoms with Crippen molar-refractivity contribution in [1.82, 2.24) is 10.2 Å². The zero-order chi connectivity index (χ0) is 15.4. The number of halogens is 3. The first kappa shape index (κ1) is 22.5. The van der Waals surface area contributed by atoms with Gasteiger partial charge in [0.2, 0.25) is 0 Å². The van der Waals surface area contributed by atoms with Gasteiger partial charge in [-0.25, -0.2) is 0 Å². The third-order valence-electron chi connectivity index (χ3n) is 3.87. The van der Waals surface area contributed by atoms with E-state index < -0.39 is 0 Å². The van der Waals surface area contributed by atoms with Crippen molar-refractivity contribution in [3.63, 3.8) is 0 Å². The molecular weight excluding hydrogens is 401 g/mol. The highest BCUT2D eigenvalue weighted by molar-refractivity contribution is 9.10. The molecule has 7 heteroatoms. The maximum absolute atomic E-state index is 10.4. The Balaban J connectivity index is 0.00000242. The fraction of sp³-hybridized carbons (Fsp3) is 0.562. The molecule has 0 aromatic heterocycles. The van der Waals surface area contributed by atoms with Gasteiger partial charge in [0, 0.05) is 37.8 Å². The van der Waals surface area contributed by atoms with Gasteiger partial charge < -0.3 is 10.4 Å². The second kappa shape index (κ2) is 10.4. The topological polar surface area (TPSA) is 59.3 Å². The van der Waals surface area contributed by atoms with Crippen molar-refractivity contribution in [2.75, 3.05) is 26.2 Å². The highest BCUT2D eigenvalue weighted by Crippen LogP contribution is 2.38. The minimum absolute atomic E-state index is 0. The Labute approximate surface area is 159 Å². The van der Waals surface area contributed by atoms with E-state index in [2.05, 4.69) is 46.1 Å². The van der Waals surface area contributed by atoms with E-state index in [4.69, 9.17) is 0 Å². The minimum atomic E-state index is 0. The molecule has 2 rings (SSSR count). The van der Waals surface area contributed by atoms with Crippen LogP contribution in [0.1, 0.15) is 37.4 Å². The number of hydrogen-bond donors (Lipinski definition) is 2. The van der Waals surface area contributed by atoms with Crippen LogP contribution >= 0.6 is 40.7 Å². The normalized spacial score (nSPS) is 16.1. The quantitative estimate of drug-likeness (QED) is 0.770. The van der Waals surface area contributed by atoms with Gasteiger partial charge in [-0.05, 0) is 40.4 Å². The van der Waals surface area contributed by atoms with Crippen LogP contribution in [0, 0.1) is 17.2 Å². The molecule has 0 radical (unpaired) electrons. The number of nitrogens with zero attached hydrogens (tertiary/aromatic N) is 2. The molecule has 1 aliphatic rings. The predicted octanol–water partition coefficient (Wildman–Crippen LogP) is 3.86. The molecule has 0 amide bonds. The van der Waals surface area contributed by atoms with Crippen LogP contribution in [0.15, 0.2) is 16.6 Å². The van der Waals surface area contributed by atoms with Crippen LogP contribution in [0.25, 0.3) is 0 Å². The predicted molar refractivity (Wildman–Crippen MR) is 102 cm³/mol. The van der Waals surface area contributed by atoms with Gasteiger partial charge in [0.25, 0.3) is 0 Å². The first-order valence-corrected chi connectivity index (χ1v) is 8.19. The zero-order valence-corrected chi connectivity index (χ0v) is 16.6. The Morgan fingerprint density at radius 3 is 2.43 bits per heavy atom. The van der Waals surface area contributed by atoms with Crippen molar-refractivity contribution in [1.29, 1.82) is 5.26 Å².